The first-order valence-electron chi connectivity index (χ1n) is 6.75. The Morgan fingerprint density at radius 2 is 1.95 bits per heavy atom. The Morgan fingerprint density at radius 3 is 2.52 bits per heavy atom. The number of ether oxygens (including phenoxy) is 1. The fourth-order valence-electron chi connectivity index (χ4n) is 2.52. The maximum absolute atomic E-state index is 13.1. The summed E-state index contributed by atoms with van der Waals surface area (Å²) in [7, 11) is 1.30. The summed E-state index contributed by atoms with van der Waals surface area (Å²) in [5, 5.41) is 5.41. The maximum Gasteiger partial charge on any atom is 0.337 e. The van der Waals surface area contributed by atoms with E-state index in [0.717, 1.165) is 12.8 Å². The van der Waals surface area contributed by atoms with Gasteiger partial charge in [-0.15, -0.1) is 0 Å². The van der Waals surface area contributed by atoms with Crippen LogP contribution >= 0.6 is 0 Å². The average molecular weight is 290 g/mol. The second-order valence-corrected chi connectivity index (χ2v) is 5.18. The van der Waals surface area contributed by atoms with Gasteiger partial charge in [-0.25, -0.2) is 14.0 Å². The molecule has 5 nitrogen and oxygen atoms in total. The van der Waals surface area contributed by atoms with Crippen LogP contribution in [0.15, 0.2) is 35.5 Å². The lowest BCUT2D eigenvalue weighted by Crippen LogP contribution is -2.46. The molecule has 1 aromatic rings. The minimum Gasteiger partial charge on any atom is -0.466 e. The summed E-state index contributed by atoms with van der Waals surface area (Å²) in [6, 6.07) is 4.73. The summed E-state index contributed by atoms with van der Waals surface area (Å²) >= 11 is 0. The third-order valence-corrected chi connectivity index (χ3v) is 3.70. The fraction of sp³-hybridized carbons (Fsp3) is 0.333. The van der Waals surface area contributed by atoms with Crippen LogP contribution in [0.4, 0.5) is 9.18 Å². The molecular weight excluding hydrogens is 275 g/mol. The van der Waals surface area contributed by atoms with Crippen molar-refractivity contribution < 1.29 is 18.7 Å². The number of carbonyl (C=O) groups is 2. The van der Waals surface area contributed by atoms with Crippen LogP contribution in [0.3, 0.4) is 0 Å². The van der Waals surface area contributed by atoms with Gasteiger partial charge < -0.3 is 15.4 Å². The number of carbonyl (C=O) groups excluding carboxylic acids is 2. The molecule has 3 rings (SSSR count). The summed E-state index contributed by atoms with van der Waals surface area (Å²) in [6.07, 6.45) is 1.87. The van der Waals surface area contributed by atoms with E-state index >= 15 is 0 Å². The Kier molecular flexibility index (Phi) is 3.37. The largest absolute Gasteiger partial charge is 0.466 e. The molecule has 1 aromatic carbocycles. The van der Waals surface area contributed by atoms with Gasteiger partial charge >= 0.3 is 12.0 Å². The minimum absolute atomic E-state index is 0.188. The first kappa shape index (κ1) is 13.6. The zero-order valence-electron chi connectivity index (χ0n) is 11.5. The number of allylic oxidation sites excluding steroid dienone is 1. The van der Waals surface area contributed by atoms with Gasteiger partial charge in [0.1, 0.15) is 5.82 Å². The molecule has 2 N–H and O–H groups in total. The van der Waals surface area contributed by atoms with Gasteiger partial charge in [0, 0.05) is 5.70 Å². The number of urea groups is 1. The molecular formula is C15H15FN2O3. The molecule has 110 valence electrons. The summed E-state index contributed by atoms with van der Waals surface area (Å²) in [6.45, 7) is 0. The molecule has 2 amide bonds. The molecule has 0 radical (unpaired) electrons. The highest BCUT2D eigenvalue weighted by Gasteiger charge is 2.39. The molecule has 0 bridgehead atoms. The molecule has 1 aliphatic carbocycles. The molecule has 2 aliphatic rings. The molecule has 1 fully saturated rings. The standard InChI is InChI=1S/C15H15FN2O3/c1-21-14(19)11-12(8-2-3-8)17-15(20)18-13(11)9-4-6-10(16)7-5-9/h4-8,13H,2-3H2,1H3,(H2,17,18,20). The van der Waals surface area contributed by atoms with Gasteiger partial charge in [-0.05, 0) is 36.5 Å². The molecule has 0 spiro atoms. The number of amides is 2. The van der Waals surface area contributed by atoms with E-state index in [1.807, 2.05) is 0 Å². The van der Waals surface area contributed by atoms with Crippen LogP contribution < -0.4 is 10.6 Å². The van der Waals surface area contributed by atoms with E-state index in [9.17, 15) is 14.0 Å². The molecule has 1 saturated carbocycles. The molecule has 1 aliphatic heterocycles. The van der Waals surface area contributed by atoms with Crippen molar-refractivity contribution in [2.45, 2.75) is 18.9 Å². The molecule has 0 saturated heterocycles. The van der Waals surface area contributed by atoms with Crippen LogP contribution in [0.2, 0.25) is 0 Å². The number of benzene rings is 1. The highest BCUT2D eigenvalue weighted by Crippen LogP contribution is 2.41. The smallest absolute Gasteiger partial charge is 0.337 e. The van der Waals surface area contributed by atoms with Crippen LogP contribution in [0.25, 0.3) is 0 Å². The van der Waals surface area contributed by atoms with Crippen molar-refractivity contribution in [3.63, 3.8) is 0 Å². The quantitative estimate of drug-likeness (QED) is 0.837. The normalized spacial score (nSPS) is 21.6. The van der Waals surface area contributed by atoms with E-state index in [2.05, 4.69) is 10.6 Å². The number of methoxy groups -OCH3 is 1. The van der Waals surface area contributed by atoms with Gasteiger partial charge in [0.25, 0.3) is 0 Å². The molecule has 1 heterocycles. The van der Waals surface area contributed by atoms with Crippen LogP contribution in [0, 0.1) is 11.7 Å². The summed E-state index contributed by atoms with van der Waals surface area (Å²) in [5.74, 6) is -0.670. The first-order chi connectivity index (χ1) is 10.1. The van der Waals surface area contributed by atoms with Crippen LogP contribution in [-0.2, 0) is 9.53 Å². The van der Waals surface area contributed by atoms with Gasteiger partial charge in [-0.2, -0.15) is 0 Å². The lowest BCUT2D eigenvalue weighted by atomic mass is 9.94. The third-order valence-electron chi connectivity index (χ3n) is 3.70. The van der Waals surface area contributed by atoms with Gasteiger partial charge in [-0.1, -0.05) is 12.1 Å². The number of hydrogen-bond acceptors (Lipinski definition) is 3. The monoisotopic (exact) mass is 290 g/mol. The second kappa shape index (κ2) is 5.20. The van der Waals surface area contributed by atoms with Gasteiger partial charge in [0.15, 0.2) is 0 Å². The van der Waals surface area contributed by atoms with Gasteiger partial charge in [0.2, 0.25) is 0 Å². The number of esters is 1. The maximum atomic E-state index is 13.1. The Labute approximate surface area is 121 Å². The van der Waals surface area contributed by atoms with Crippen molar-refractivity contribution in [3.05, 3.63) is 46.9 Å². The highest BCUT2D eigenvalue weighted by molar-refractivity contribution is 5.95. The Hall–Kier alpha value is -2.37. The third kappa shape index (κ3) is 2.61. The first-order valence-corrected chi connectivity index (χ1v) is 6.75. The summed E-state index contributed by atoms with van der Waals surface area (Å²) in [4.78, 5) is 24.0. The zero-order chi connectivity index (χ0) is 15.0. The predicted molar refractivity (Wildman–Crippen MR) is 72.6 cm³/mol. The van der Waals surface area contributed by atoms with E-state index in [1.54, 1.807) is 12.1 Å². The Balaban J connectivity index is 2.06. The van der Waals surface area contributed by atoms with Crippen molar-refractivity contribution in [2.24, 2.45) is 5.92 Å². The van der Waals surface area contributed by atoms with Crippen molar-refractivity contribution >= 4 is 12.0 Å². The van der Waals surface area contributed by atoms with E-state index in [1.165, 1.54) is 19.2 Å². The van der Waals surface area contributed by atoms with Crippen LogP contribution in [0.5, 0.6) is 0 Å². The van der Waals surface area contributed by atoms with Gasteiger partial charge in [-0.3, -0.25) is 0 Å². The fourth-order valence-corrected chi connectivity index (χ4v) is 2.52. The zero-order valence-corrected chi connectivity index (χ0v) is 11.5. The minimum atomic E-state index is -0.623. The topological polar surface area (TPSA) is 67.4 Å². The van der Waals surface area contributed by atoms with E-state index < -0.39 is 12.0 Å². The van der Waals surface area contributed by atoms with Crippen LogP contribution in [-0.4, -0.2) is 19.1 Å². The lowest BCUT2D eigenvalue weighted by molar-refractivity contribution is -0.136. The lowest BCUT2D eigenvalue weighted by Gasteiger charge is -2.29. The van der Waals surface area contributed by atoms with Crippen molar-refractivity contribution in [1.82, 2.24) is 10.6 Å². The number of halogens is 1. The second-order valence-electron chi connectivity index (χ2n) is 5.18. The number of hydrogen-bond donors (Lipinski definition) is 2. The van der Waals surface area contributed by atoms with Crippen molar-refractivity contribution in [3.8, 4) is 0 Å². The number of nitrogens with one attached hydrogen (secondary N) is 2. The van der Waals surface area contributed by atoms with Crippen LogP contribution in [0.1, 0.15) is 24.4 Å². The molecule has 1 unspecified atom stereocenters. The highest BCUT2D eigenvalue weighted by atomic mass is 19.1. The average Bonchev–Trinajstić information content (AvgIpc) is 3.31. The Bertz CT molecular complexity index is 620. The van der Waals surface area contributed by atoms with E-state index in [4.69, 9.17) is 4.74 Å². The van der Waals surface area contributed by atoms with E-state index in [-0.39, 0.29) is 17.8 Å². The van der Waals surface area contributed by atoms with E-state index in [0.29, 0.717) is 16.8 Å². The number of rotatable bonds is 3. The molecule has 21 heavy (non-hydrogen) atoms. The molecule has 1 atom stereocenters. The van der Waals surface area contributed by atoms with Crippen molar-refractivity contribution in [2.75, 3.05) is 7.11 Å². The SMILES string of the molecule is COC(=O)C1=C(C2CC2)NC(=O)NC1c1ccc(F)cc1. The van der Waals surface area contributed by atoms with Crippen molar-refractivity contribution in [1.29, 1.82) is 0 Å². The summed E-state index contributed by atoms with van der Waals surface area (Å²) in [5.41, 5.74) is 1.66. The molecule has 6 heteroatoms. The van der Waals surface area contributed by atoms with Gasteiger partial charge in [0.05, 0.1) is 18.7 Å². The Morgan fingerprint density at radius 1 is 1.29 bits per heavy atom. The molecule has 0 aromatic heterocycles. The predicted octanol–water partition coefficient (Wildman–Crippen LogP) is 2.02. The summed E-state index contributed by atoms with van der Waals surface area (Å²) < 4.78 is 17.9.